The van der Waals surface area contributed by atoms with Crippen LogP contribution >= 0.6 is 23.1 Å². The molecule has 8 nitrogen and oxygen atoms in total. The van der Waals surface area contributed by atoms with Gasteiger partial charge in [-0.05, 0) is 38.0 Å². The van der Waals surface area contributed by atoms with E-state index < -0.39 is 4.92 Å². The number of aryl methyl sites for hydroxylation is 3. The maximum atomic E-state index is 12.3. The summed E-state index contributed by atoms with van der Waals surface area (Å²) in [5.41, 5.74) is 2.12. The van der Waals surface area contributed by atoms with E-state index in [1.807, 2.05) is 30.1 Å². The molecular weight excluding hydrogens is 398 g/mol. The van der Waals surface area contributed by atoms with Crippen molar-refractivity contribution in [1.82, 2.24) is 20.1 Å². The molecule has 2 aromatic heterocycles. The summed E-state index contributed by atoms with van der Waals surface area (Å²) in [4.78, 5) is 28.1. The monoisotopic (exact) mass is 417 g/mol. The van der Waals surface area contributed by atoms with Crippen molar-refractivity contribution in [1.29, 1.82) is 0 Å². The number of nitro benzene ring substituents is 1. The highest BCUT2D eigenvalue weighted by molar-refractivity contribution is 8.01. The normalized spacial score (nSPS) is 10.8. The molecule has 3 rings (SSSR count). The number of thiazole rings is 1. The Balaban J connectivity index is 1.61. The molecule has 0 unspecified atom stereocenters. The maximum absolute atomic E-state index is 12.3. The molecule has 1 amide bonds. The van der Waals surface area contributed by atoms with Gasteiger partial charge >= 0.3 is 0 Å². The lowest BCUT2D eigenvalue weighted by Gasteiger charge is -2.07. The number of amides is 1. The Kier molecular flexibility index (Phi) is 6.42. The predicted molar refractivity (Wildman–Crippen MR) is 108 cm³/mol. The predicted octanol–water partition coefficient (Wildman–Crippen LogP) is 3.84. The number of aromatic nitrogens is 3. The highest BCUT2D eigenvalue weighted by Crippen LogP contribution is 2.36. The molecule has 0 aliphatic rings. The highest BCUT2D eigenvalue weighted by atomic mass is 32.2. The van der Waals surface area contributed by atoms with Crippen LogP contribution in [0.15, 0.2) is 45.2 Å². The van der Waals surface area contributed by atoms with Gasteiger partial charge in [0.1, 0.15) is 0 Å². The molecule has 0 saturated heterocycles. The minimum atomic E-state index is -0.473. The fourth-order valence-corrected chi connectivity index (χ4v) is 4.37. The molecule has 0 atom stereocenters. The number of hydrogen-bond donors (Lipinski definition) is 1. The van der Waals surface area contributed by atoms with Crippen LogP contribution in [0.2, 0.25) is 0 Å². The van der Waals surface area contributed by atoms with Crippen molar-refractivity contribution in [2.75, 3.05) is 6.54 Å². The molecule has 0 radical (unpaired) electrons. The van der Waals surface area contributed by atoms with Crippen LogP contribution in [-0.2, 0) is 6.54 Å². The molecule has 1 N–H and O–H groups in total. The standard InChI is InChI=1S/C18H19N5O3S2/c1-12-9-20-22(10-12)7-3-6-19-17(24)14-4-5-16(15(8-14)23(25)26)28-18-21-13(2)11-27-18/h4-5,8-11H,3,6-7H2,1-2H3,(H,19,24). The van der Waals surface area contributed by atoms with E-state index in [0.29, 0.717) is 24.4 Å². The van der Waals surface area contributed by atoms with Gasteiger partial charge < -0.3 is 5.32 Å². The Labute approximate surface area is 170 Å². The maximum Gasteiger partial charge on any atom is 0.284 e. The first kappa shape index (κ1) is 20.0. The van der Waals surface area contributed by atoms with Crippen molar-refractivity contribution in [3.63, 3.8) is 0 Å². The molecule has 0 fully saturated rings. The molecule has 0 aliphatic heterocycles. The molecule has 2 heterocycles. The van der Waals surface area contributed by atoms with Crippen LogP contribution in [0.1, 0.15) is 28.0 Å². The first-order valence-corrected chi connectivity index (χ1v) is 10.3. The van der Waals surface area contributed by atoms with E-state index in [0.717, 1.165) is 15.6 Å². The minimum Gasteiger partial charge on any atom is -0.352 e. The number of nitrogens with zero attached hydrogens (tertiary/aromatic N) is 4. The second-order valence-electron chi connectivity index (χ2n) is 6.19. The van der Waals surface area contributed by atoms with E-state index in [1.165, 1.54) is 29.2 Å². The van der Waals surface area contributed by atoms with E-state index >= 15 is 0 Å². The number of nitro groups is 1. The van der Waals surface area contributed by atoms with E-state index in [9.17, 15) is 14.9 Å². The van der Waals surface area contributed by atoms with Crippen molar-refractivity contribution < 1.29 is 9.72 Å². The zero-order valence-electron chi connectivity index (χ0n) is 15.4. The van der Waals surface area contributed by atoms with Gasteiger partial charge in [0.15, 0.2) is 4.34 Å². The van der Waals surface area contributed by atoms with E-state index in [2.05, 4.69) is 15.4 Å². The summed E-state index contributed by atoms with van der Waals surface area (Å²) in [5, 5.41) is 20.3. The summed E-state index contributed by atoms with van der Waals surface area (Å²) in [6.45, 7) is 4.99. The fourth-order valence-electron chi connectivity index (χ4n) is 2.50. The highest BCUT2D eigenvalue weighted by Gasteiger charge is 2.19. The molecule has 0 bridgehead atoms. The Morgan fingerprint density at radius 1 is 1.39 bits per heavy atom. The van der Waals surface area contributed by atoms with Crippen molar-refractivity contribution >= 4 is 34.7 Å². The smallest absolute Gasteiger partial charge is 0.284 e. The molecule has 1 aromatic carbocycles. The quantitative estimate of drug-likeness (QED) is 0.339. The lowest BCUT2D eigenvalue weighted by molar-refractivity contribution is -0.387. The van der Waals surface area contributed by atoms with Crippen LogP contribution in [0.5, 0.6) is 0 Å². The van der Waals surface area contributed by atoms with Gasteiger partial charge in [-0.15, -0.1) is 11.3 Å². The van der Waals surface area contributed by atoms with Gasteiger partial charge in [-0.3, -0.25) is 19.6 Å². The fraction of sp³-hybridized carbons (Fsp3) is 0.278. The number of carbonyl (C=O) groups excluding carboxylic acids is 1. The van der Waals surface area contributed by atoms with Crippen LogP contribution in [0.25, 0.3) is 0 Å². The number of hydrogen-bond acceptors (Lipinski definition) is 7. The number of rotatable bonds is 8. The first-order valence-electron chi connectivity index (χ1n) is 8.58. The average molecular weight is 418 g/mol. The zero-order chi connectivity index (χ0) is 20.1. The molecule has 3 aromatic rings. The second-order valence-corrected chi connectivity index (χ2v) is 8.33. The summed E-state index contributed by atoms with van der Waals surface area (Å²) in [6, 6.07) is 4.51. The Morgan fingerprint density at radius 2 is 2.21 bits per heavy atom. The van der Waals surface area contributed by atoms with Crippen LogP contribution in [0.3, 0.4) is 0 Å². The van der Waals surface area contributed by atoms with Crippen LogP contribution in [0.4, 0.5) is 5.69 Å². The molecule has 28 heavy (non-hydrogen) atoms. The summed E-state index contributed by atoms with van der Waals surface area (Å²) in [5.74, 6) is -0.332. The number of carbonyl (C=O) groups is 1. The second kappa shape index (κ2) is 8.98. The largest absolute Gasteiger partial charge is 0.352 e. The Bertz CT molecular complexity index is 999. The van der Waals surface area contributed by atoms with Gasteiger partial charge in [0.05, 0.1) is 16.0 Å². The Morgan fingerprint density at radius 3 is 2.86 bits per heavy atom. The van der Waals surface area contributed by atoms with E-state index in [-0.39, 0.29) is 17.2 Å². The minimum absolute atomic E-state index is 0.0995. The van der Waals surface area contributed by atoms with Gasteiger partial charge in [0.2, 0.25) is 0 Å². The topological polar surface area (TPSA) is 103 Å². The number of nitrogens with one attached hydrogen (secondary N) is 1. The summed E-state index contributed by atoms with van der Waals surface area (Å²) >= 11 is 2.66. The van der Waals surface area contributed by atoms with Crippen LogP contribution in [-0.4, -0.2) is 32.1 Å². The molecule has 0 saturated carbocycles. The van der Waals surface area contributed by atoms with Gasteiger partial charge in [0, 0.05) is 42.0 Å². The molecule has 0 aliphatic carbocycles. The van der Waals surface area contributed by atoms with Gasteiger partial charge in [0.25, 0.3) is 11.6 Å². The van der Waals surface area contributed by atoms with Crippen molar-refractivity contribution in [2.45, 2.75) is 36.0 Å². The van der Waals surface area contributed by atoms with Crippen LogP contribution < -0.4 is 5.32 Å². The van der Waals surface area contributed by atoms with Gasteiger partial charge in [-0.2, -0.15) is 5.10 Å². The SMILES string of the molecule is Cc1cnn(CCCNC(=O)c2ccc(Sc3nc(C)cs3)c([N+](=O)[O-])c2)c1. The summed E-state index contributed by atoms with van der Waals surface area (Å²) in [7, 11) is 0. The lowest BCUT2D eigenvalue weighted by Crippen LogP contribution is -2.25. The third-order valence-corrected chi connectivity index (χ3v) is 5.95. The summed E-state index contributed by atoms with van der Waals surface area (Å²) in [6.07, 6.45) is 4.43. The van der Waals surface area contributed by atoms with Crippen molar-refractivity contribution in [2.24, 2.45) is 0 Å². The first-order chi connectivity index (χ1) is 13.4. The van der Waals surface area contributed by atoms with Gasteiger partial charge in [-0.25, -0.2) is 4.98 Å². The Hall–Kier alpha value is -2.72. The van der Waals surface area contributed by atoms with E-state index in [4.69, 9.17) is 0 Å². The number of benzene rings is 1. The van der Waals surface area contributed by atoms with E-state index in [1.54, 1.807) is 18.3 Å². The lowest BCUT2D eigenvalue weighted by atomic mass is 10.2. The summed E-state index contributed by atoms with van der Waals surface area (Å²) < 4.78 is 2.55. The van der Waals surface area contributed by atoms with Crippen molar-refractivity contribution in [3.8, 4) is 0 Å². The molecular formula is C18H19N5O3S2. The molecule has 146 valence electrons. The average Bonchev–Trinajstić information content (AvgIpc) is 3.26. The molecule has 0 spiro atoms. The van der Waals surface area contributed by atoms with Gasteiger partial charge in [-0.1, -0.05) is 11.8 Å². The third kappa shape index (κ3) is 5.17. The van der Waals surface area contributed by atoms with Crippen LogP contribution in [0, 0.1) is 24.0 Å². The van der Waals surface area contributed by atoms with Crippen molar-refractivity contribution in [3.05, 3.63) is 62.9 Å². The third-order valence-electron chi connectivity index (χ3n) is 3.82. The zero-order valence-corrected chi connectivity index (χ0v) is 17.0. The molecule has 10 heteroatoms.